The van der Waals surface area contributed by atoms with Crippen molar-refractivity contribution in [3.8, 4) is 5.75 Å². The molecule has 4 amide bonds. The van der Waals surface area contributed by atoms with Crippen LogP contribution in [0, 0.1) is 6.92 Å². The lowest BCUT2D eigenvalue weighted by Crippen LogP contribution is -2.54. The van der Waals surface area contributed by atoms with E-state index in [1.54, 1.807) is 24.0 Å². The van der Waals surface area contributed by atoms with Crippen LogP contribution in [-0.4, -0.2) is 90.9 Å². The van der Waals surface area contributed by atoms with Crippen LogP contribution in [0.3, 0.4) is 0 Å². The van der Waals surface area contributed by atoms with Crippen molar-refractivity contribution >= 4 is 29.7 Å². The number of benzene rings is 1. The number of hydrogen-bond donors (Lipinski definition) is 1. The topological polar surface area (TPSA) is 118 Å². The second-order valence-corrected chi connectivity index (χ2v) is 11.3. The number of nitrogens with zero attached hydrogens (tertiary/aromatic N) is 3. The quantitative estimate of drug-likeness (QED) is 0.578. The van der Waals surface area contributed by atoms with E-state index in [1.165, 1.54) is 12.0 Å². The second-order valence-electron chi connectivity index (χ2n) is 11.3. The third kappa shape index (κ3) is 7.13. The number of rotatable bonds is 6. The molecule has 2 atom stereocenters. The molecule has 11 nitrogen and oxygen atoms in total. The van der Waals surface area contributed by atoms with Gasteiger partial charge in [0.2, 0.25) is 0 Å². The molecule has 2 heterocycles. The van der Waals surface area contributed by atoms with Crippen molar-refractivity contribution in [2.24, 2.45) is 0 Å². The van der Waals surface area contributed by atoms with E-state index >= 15 is 0 Å². The number of hydrogen-bond acceptors (Lipinski definition) is 7. The maximum atomic E-state index is 14.1. The molecule has 11 heteroatoms. The van der Waals surface area contributed by atoms with E-state index < -0.39 is 17.8 Å². The fourth-order valence-corrected chi connectivity index (χ4v) is 4.99. The number of likely N-dealkylation sites (tertiary alicyclic amines) is 1. The van der Waals surface area contributed by atoms with Crippen LogP contribution in [0.2, 0.25) is 0 Å². The van der Waals surface area contributed by atoms with Crippen LogP contribution in [0.5, 0.6) is 5.75 Å². The predicted octanol–water partition coefficient (Wildman–Crippen LogP) is 3.72. The Bertz CT molecular complexity index is 1100. The zero-order valence-electron chi connectivity index (χ0n) is 24.3. The summed E-state index contributed by atoms with van der Waals surface area (Å²) in [7, 11) is 1.27. The third-order valence-corrected chi connectivity index (χ3v) is 6.77. The lowest BCUT2D eigenvalue weighted by Gasteiger charge is -2.42. The Kier molecular flexibility index (Phi) is 9.34. The third-order valence-electron chi connectivity index (χ3n) is 6.77. The van der Waals surface area contributed by atoms with Gasteiger partial charge in [-0.25, -0.2) is 9.59 Å². The van der Waals surface area contributed by atoms with E-state index in [0.29, 0.717) is 30.1 Å². The van der Waals surface area contributed by atoms with Gasteiger partial charge in [-0.2, -0.15) is 0 Å². The highest BCUT2D eigenvalue weighted by Gasteiger charge is 2.37. The predicted molar refractivity (Wildman–Crippen MR) is 146 cm³/mol. The van der Waals surface area contributed by atoms with Crippen molar-refractivity contribution in [3.63, 3.8) is 0 Å². The molecule has 0 saturated carbocycles. The summed E-state index contributed by atoms with van der Waals surface area (Å²) in [6.45, 7) is 14.2. The highest BCUT2D eigenvalue weighted by atomic mass is 16.6. The largest absolute Gasteiger partial charge is 0.479 e. The number of fused-ring (bicyclic) bond motifs is 1. The van der Waals surface area contributed by atoms with Crippen LogP contribution < -0.4 is 15.0 Å². The summed E-state index contributed by atoms with van der Waals surface area (Å²) in [5.74, 6) is 0.0524. The Morgan fingerprint density at radius 3 is 2.54 bits per heavy atom. The fourth-order valence-electron chi connectivity index (χ4n) is 4.99. The number of alkyl carbamates (subject to hydrolysis) is 1. The van der Waals surface area contributed by atoms with Crippen LogP contribution >= 0.6 is 0 Å². The van der Waals surface area contributed by atoms with Gasteiger partial charge < -0.3 is 34.2 Å². The van der Waals surface area contributed by atoms with Crippen molar-refractivity contribution in [1.29, 1.82) is 0 Å². The van der Waals surface area contributed by atoms with Crippen LogP contribution in [0.25, 0.3) is 0 Å². The minimum absolute atomic E-state index is 0.130. The number of carbonyl (C=O) groups excluding carboxylic acids is 4. The van der Waals surface area contributed by atoms with Gasteiger partial charge in [-0.1, -0.05) is 0 Å². The molecule has 2 aliphatic rings. The van der Waals surface area contributed by atoms with Gasteiger partial charge >= 0.3 is 12.2 Å². The average molecular weight is 547 g/mol. The van der Waals surface area contributed by atoms with E-state index in [2.05, 4.69) is 10.1 Å². The van der Waals surface area contributed by atoms with Crippen molar-refractivity contribution in [1.82, 2.24) is 15.1 Å². The zero-order chi connectivity index (χ0) is 29.1. The van der Waals surface area contributed by atoms with Gasteiger partial charge in [-0.3, -0.25) is 9.59 Å². The van der Waals surface area contributed by atoms with Crippen molar-refractivity contribution in [2.45, 2.75) is 85.1 Å². The van der Waals surface area contributed by atoms with Crippen LogP contribution in [0.1, 0.15) is 70.3 Å². The molecule has 0 bridgehead atoms. The second kappa shape index (κ2) is 12.1. The molecular formula is C28H42N4O7. The summed E-state index contributed by atoms with van der Waals surface area (Å²) in [5.41, 5.74) is 1.04. The standard InChI is InChI=1S/C28H42N4O7/c1-17(2)32(20-10-9-12-30(16-20)27(36)39-28(5,6)7)25(34)21-15-22-23(14-18(21)3)38-19(4)24(33)31(22)13-11-29-26(35)37-8/h14-15,17,19-20H,9-13,16H2,1-8H3,(H,29,35)/t19-,20-/m1/s1. The molecular weight excluding hydrogens is 504 g/mol. The Hall–Kier alpha value is -3.50. The molecule has 1 saturated heterocycles. The first kappa shape index (κ1) is 30.0. The summed E-state index contributed by atoms with van der Waals surface area (Å²) in [6.07, 6.45) is -0.161. The summed E-state index contributed by atoms with van der Waals surface area (Å²) in [6, 6.07) is 3.15. The molecule has 0 unspecified atom stereocenters. The first-order valence-electron chi connectivity index (χ1n) is 13.5. The number of ether oxygens (including phenoxy) is 3. The summed E-state index contributed by atoms with van der Waals surface area (Å²) >= 11 is 0. The van der Waals surface area contributed by atoms with Crippen molar-refractivity contribution < 1.29 is 33.4 Å². The van der Waals surface area contributed by atoms with E-state index in [-0.39, 0.29) is 43.1 Å². The monoisotopic (exact) mass is 546 g/mol. The SMILES string of the molecule is COC(=O)NCCN1C(=O)[C@@H](C)Oc2cc(C)c(C(=O)N(C(C)C)[C@@H]3CCCN(C(=O)OC(C)(C)C)C3)cc21. The van der Waals surface area contributed by atoms with Gasteiger partial charge in [0, 0.05) is 37.8 Å². The number of piperidine rings is 1. The maximum Gasteiger partial charge on any atom is 0.410 e. The molecule has 0 aliphatic carbocycles. The number of amides is 4. The van der Waals surface area contributed by atoms with Crippen LogP contribution in [-0.2, 0) is 14.3 Å². The minimum Gasteiger partial charge on any atom is -0.479 e. The Morgan fingerprint density at radius 2 is 1.92 bits per heavy atom. The Balaban J connectivity index is 1.89. The van der Waals surface area contributed by atoms with Crippen molar-refractivity contribution in [3.05, 3.63) is 23.3 Å². The highest BCUT2D eigenvalue weighted by Crippen LogP contribution is 2.37. The number of aryl methyl sites for hydroxylation is 1. The van der Waals surface area contributed by atoms with E-state index in [9.17, 15) is 19.2 Å². The molecule has 0 spiro atoms. The maximum absolute atomic E-state index is 14.1. The van der Waals surface area contributed by atoms with Gasteiger partial charge in [0.05, 0.1) is 18.8 Å². The molecule has 2 aliphatic heterocycles. The highest BCUT2D eigenvalue weighted by molar-refractivity contribution is 6.03. The number of nitrogens with one attached hydrogen (secondary N) is 1. The summed E-state index contributed by atoms with van der Waals surface area (Å²) in [4.78, 5) is 56.4. The first-order chi connectivity index (χ1) is 18.2. The van der Waals surface area contributed by atoms with E-state index in [4.69, 9.17) is 9.47 Å². The number of anilines is 1. The lowest BCUT2D eigenvalue weighted by atomic mass is 9.98. The summed E-state index contributed by atoms with van der Waals surface area (Å²) < 4.78 is 16.0. The fraction of sp³-hybridized carbons (Fsp3) is 0.643. The molecule has 3 rings (SSSR count). The van der Waals surface area contributed by atoms with Gasteiger partial charge in [0.1, 0.15) is 11.4 Å². The van der Waals surface area contributed by atoms with E-state index in [1.807, 2.05) is 46.4 Å². The van der Waals surface area contributed by atoms with Gasteiger partial charge in [0.15, 0.2) is 6.10 Å². The van der Waals surface area contributed by atoms with Gasteiger partial charge in [0.25, 0.3) is 11.8 Å². The molecule has 39 heavy (non-hydrogen) atoms. The molecule has 1 aromatic rings. The van der Waals surface area contributed by atoms with Crippen LogP contribution in [0.4, 0.5) is 15.3 Å². The Labute approximate surface area is 230 Å². The number of methoxy groups -OCH3 is 1. The molecule has 0 radical (unpaired) electrons. The van der Waals surface area contributed by atoms with Crippen molar-refractivity contribution in [2.75, 3.05) is 38.2 Å². The molecule has 1 fully saturated rings. The smallest absolute Gasteiger partial charge is 0.410 e. The molecule has 1 N–H and O–H groups in total. The van der Waals surface area contributed by atoms with Gasteiger partial charge in [-0.15, -0.1) is 0 Å². The summed E-state index contributed by atoms with van der Waals surface area (Å²) in [5, 5.41) is 2.58. The first-order valence-corrected chi connectivity index (χ1v) is 13.5. The average Bonchev–Trinajstić information content (AvgIpc) is 2.85. The van der Waals surface area contributed by atoms with Gasteiger partial charge in [-0.05, 0) is 79.0 Å². The number of carbonyl (C=O) groups is 4. The molecule has 216 valence electrons. The molecule has 0 aromatic heterocycles. The Morgan fingerprint density at radius 1 is 1.23 bits per heavy atom. The van der Waals surface area contributed by atoms with E-state index in [0.717, 1.165) is 18.4 Å². The van der Waals surface area contributed by atoms with Crippen LogP contribution in [0.15, 0.2) is 12.1 Å². The lowest BCUT2D eigenvalue weighted by molar-refractivity contribution is -0.125. The molecule has 1 aromatic carbocycles. The normalized spacial score (nSPS) is 19.3. The minimum atomic E-state index is -0.704. The zero-order valence-corrected chi connectivity index (χ0v) is 24.3.